The molecule has 3 aromatic rings. The summed E-state index contributed by atoms with van der Waals surface area (Å²) in [5.74, 6) is 1.89. The first-order valence-electron chi connectivity index (χ1n) is 13.7. The van der Waals surface area contributed by atoms with E-state index < -0.39 is 0 Å². The van der Waals surface area contributed by atoms with Crippen LogP contribution in [0, 0.1) is 16.7 Å². The third-order valence-electron chi connectivity index (χ3n) is 9.11. The van der Waals surface area contributed by atoms with E-state index in [0.717, 1.165) is 29.5 Å². The second kappa shape index (κ2) is 11.2. The maximum Gasteiger partial charge on any atom is 0.331 e. The van der Waals surface area contributed by atoms with Gasteiger partial charge in [-0.1, -0.05) is 81.4 Å². The van der Waals surface area contributed by atoms with Crippen molar-refractivity contribution >= 4 is 12.0 Å². The maximum absolute atomic E-state index is 12.9. The van der Waals surface area contributed by atoms with Gasteiger partial charge in [0.05, 0.1) is 7.11 Å². The predicted octanol–water partition coefficient (Wildman–Crippen LogP) is 7.62. The zero-order chi connectivity index (χ0) is 27.5. The minimum atomic E-state index is -0.320. The zero-order valence-electron chi connectivity index (χ0n) is 23.3. The second-order valence-corrected chi connectivity index (χ2v) is 11.5. The summed E-state index contributed by atoms with van der Waals surface area (Å²) in [6, 6.07) is 23.6. The first-order valence-corrected chi connectivity index (χ1v) is 13.7. The van der Waals surface area contributed by atoms with Gasteiger partial charge in [0, 0.05) is 11.5 Å². The van der Waals surface area contributed by atoms with E-state index in [-0.39, 0.29) is 22.9 Å². The van der Waals surface area contributed by atoms with Crippen molar-refractivity contribution in [2.75, 3.05) is 7.11 Å². The van der Waals surface area contributed by atoms with Gasteiger partial charge in [0.1, 0.15) is 19.3 Å². The lowest BCUT2D eigenvalue weighted by Gasteiger charge is -2.38. The number of hydrogen-bond donors (Lipinski definition) is 0. The van der Waals surface area contributed by atoms with E-state index in [2.05, 4.69) is 20.8 Å². The molecule has 39 heavy (non-hydrogen) atoms. The molecule has 2 bridgehead atoms. The summed E-state index contributed by atoms with van der Waals surface area (Å²) in [5, 5.41) is 0. The van der Waals surface area contributed by atoms with Crippen LogP contribution >= 0.6 is 0 Å². The van der Waals surface area contributed by atoms with E-state index in [0.29, 0.717) is 36.4 Å². The van der Waals surface area contributed by atoms with E-state index in [4.69, 9.17) is 18.9 Å². The van der Waals surface area contributed by atoms with E-state index in [1.165, 1.54) is 12.5 Å². The predicted molar refractivity (Wildman–Crippen MR) is 153 cm³/mol. The molecule has 5 rings (SSSR count). The van der Waals surface area contributed by atoms with E-state index in [1.807, 2.05) is 72.8 Å². The average molecular weight is 527 g/mol. The van der Waals surface area contributed by atoms with Gasteiger partial charge in [0.25, 0.3) is 0 Å². The van der Waals surface area contributed by atoms with Crippen LogP contribution in [0.2, 0.25) is 0 Å². The zero-order valence-corrected chi connectivity index (χ0v) is 23.3. The summed E-state index contributed by atoms with van der Waals surface area (Å²) in [6.07, 6.45) is 6.48. The Labute approximate surface area is 231 Å². The lowest BCUT2D eigenvalue weighted by atomic mass is 9.70. The molecule has 0 aromatic heterocycles. The average Bonchev–Trinajstić information content (AvgIpc) is 3.28. The molecule has 0 unspecified atom stereocenters. The van der Waals surface area contributed by atoms with Gasteiger partial charge in [-0.15, -0.1) is 0 Å². The number of carbonyl (C=O) groups excluding carboxylic acids is 1. The Morgan fingerprint density at radius 1 is 0.897 bits per heavy atom. The van der Waals surface area contributed by atoms with E-state index in [9.17, 15) is 4.79 Å². The summed E-state index contributed by atoms with van der Waals surface area (Å²) in [7, 11) is 1.60. The van der Waals surface area contributed by atoms with E-state index in [1.54, 1.807) is 13.2 Å². The van der Waals surface area contributed by atoms with Gasteiger partial charge in [-0.2, -0.15) is 0 Å². The topological polar surface area (TPSA) is 54.0 Å². The molecule has 0 saturated heterocycles. The van der Waals surface area contributed by atoms with Crippen molar-refractivity contribution in [3.05, 3.63) is 95.6 Å². The van der Waals surface area contributed by atoms with Crippen molar-refractivity contribution in [1.29, 1.82) is 0 Å². The van der Waals surface area contributed by atoms with Crippen LogP contribution in [-0.2, 0) is 22.7 Å². The van der Waals surface area contributed by atoms with Gasteiger partial charge in [-0.25, -0.2) is 4.79 Å². The summed E-state index contributed by atoms with van der Waals surface area (Å²) in [4.78, 5) is 12.9. The Kier molecular flexibility index (Phi) is 7.69. The van der Waals surface area contributed by atoms with Crippen LogP contribution < -0.4 is 14.2 Å². The molecule has 0 radical (unpaired) electrons. The first-order chi connectivity index (χ1) is 18.8. The molecular formula is C34H38O5. The molecule has 5 nitrogen and oxygen atoms in total. The summed E-state index contributed by atoms with van der Waals surface area (Å²) in [5.41, 5.74) is 3.06. The van der Waals surface area contributed by atoms with Crippen LogP contribution in [0.5, 0.6) is 17.2 Å². The fourth-order valence-electron chi connectivity index (χ4n) is 6.21. The van der Waals surface area contributed by atoms with Gasteiger partial charge in [0.15, 0.2) is 11.5 Å². The molecule has 2 fully saturated rings. The van der Waals surface area contributed by atoms with Crippen LogP contribution in [0.25, 0.3) is 6.08 Å². The van der Waals surface area contributed by atoms with Crippen LogP contribution in [-0.4, -0.2) is 19.2 Å². The van der Waals surface area contributed by atoms with Crippen LogP contribution in [0.3, 0.4) is 0 Å². The first kappa shape index (κ1) is 26.9. The molecule has 0 spiro atoms. The van der Waals surface area contributed by atoms with Crippen molar-refractivity contribution in [1.82, 2.24) is 0 Å². The van der Waals surface area contributed by atoms with Crippen molar-refractivity contribution in [3.63, 3.8) is 0 Å². The number of rotatable bonds is 10. The highest BCUT2D eigenvalue weighted by Crippen LogP contribution is 2.66. The third-order valence-corrected chi connectivity index (χ3v) is 9.11. The van der Waals surface area contributed by atoms with Gasteiger partial charge >= 0.3 is 5.97 Å². The van der Waals surface area contributed by atoms with Crippen molar-refractivity contribution in [2.24, 2.45) is 16.7 Å². The second-order valence-electron chi connectivity index (χ2n) is 11.5. The molecule has 0 aliphatic heterocycles. The monoisotopic (exact) mass is 526 g/mol. The maximum atomic E-state index is 12.9. The number of carbonyl (C=O) groups is 1. The quantitative estimate of drug-likeness (QED) is 0.201. The Bertz CT molecular complexity index is 1310. The van der Waals surface area contributed by atoms with Gasteiger partial charge in [-0.05, 0) is 65.5 Å². The standard InChI is InChI=1S/C34H38O5/c1-33(2)27-17-18-34(33,3)30(21-27)39-31(35)16-15-26-19-28(36-4)32(38-23-25-13-9-6-10-14-25)29(20-26)37-22-24-11-7-5-8-12-24/h5-16,19-20,27,30H,17-18,21-23H2,1-4H3/b16-15+/t27-,30+,34+/m1/s1. The molecule has 0 N–H and O–H groups in total. The molecule has 3 aromatic carbocycles. The van der Waals surface area contributed by atoms with Crippen molar-refractivity contribution in [2.45, 2.75) is 59.4 Å². The SMILES string of the molecule is COc1cc(/C=C/C(=O)O[C@H]2C[C@H]3CC[C@]2(C)C3(C)C)cc(OCc2ccccc2)c1OCc1ccccc1. The Morgan fingerprint density at radius 3 is 2.08 bits per heavy atom. The Balaban J connectivity index is 1.35. The lowest BCUT2D eigenvalue weighted by Crippen LogP contribution is -2.38. The Hall–Kier alpha value is -3.73. The fraction of sp³-hybridized carbons (Fsp3) is 0.382. The minimum Gasteiger partial charge on any atom is -0.493 e. The van der Waals surface area contributed by atoms with Crippen LogP contribution in [0.4, 0.5) is 0 Å². The molecule has 0 heterocycles. The van der Waals surface area contributed by atoms with Crippen molar-refractivity contribution in [3.8, 4) is 17.2 Å². The highest BCUT2D eigenvalue weighted by Gasteiger charge is 2.62. The largest absolute Gasteiger partial charge is 0.493 e. The number of hydrogen-bond acceptors (Lipinski definition) is 5. The molecule has 2 aliphatic carbocycles. The number of methoxy groups -OCH3 is 1. The Morgan fingerprint density at radius 2 is 1.51 bits per heavy atom. The fourth-order valence-corrected chi connectivity index (χ4v) is 6.21. The van der Waals surface area contributed by atoms with Crippen LogP contribution in [0.15, 0.2) is 78.9 Å². The summed E-state index contributed by atoms with van der Waals surface area (Å²) in [6.45, 7) is 7.66. The number of ether oxygens (including phenoxy) is 4. The molecule has 2 saturated carbocycles. The summed E-state index contributed by atoms with van der Waals surface area (Å²) >= 11 is 0. The third kappa shape index (κ3) is 5.54. The number of benzene rings is 3. The smallest absolute Gasteiger partial charge is 0.331 e. The van der Waals surface area contributed by atoms with E-state index >= 15 is 0 Å². The molecule has 5 heteroatoms. The molecule has 0 amide bonds. The molecule has 204 valence electrons. The normalized spacial score (nSPS) is 23.1. The lowest BCUT2D eigenvalue weighted by molar-refractivity contribution is -0.150. The number of esters is 1. The highest BCUT2D eigenvalue weighted by atomic mass is 16.5. The van der Waals surface area contributed by atoms with Gasteiger partial charge < -0.3 is 18.9 Å². The van der Waals surface area contributed by atoms with Crippen molar-refractivity contribution < 1.29 is 23.7 Å². The number of fused-ring (bicyclic) bond motifs is 2. The van der Waals surface area contributed by atoms with Gasteiger partial charge in [-0.3, -0.25) is 0 Å². The molecular weight excluding hydrogens is 488 g/mol. The summed E-state index contributed by atoms with van der Waals surface area (Å²) < 4.78 is 24.1. The van der Waals surface area contributed by atoms with Gasteiger partial charge in [0.2, 0.25) is 5.75 Å². The molecule has 3 atom stereocenters. The highest BCUT2D eigenvalue weighted by molar-refractivity contribution is 5.87. The molecule has 2 aliphatic rings. The van der Waals surface area contributed by atoms with Crippen LogP contribution in [0.1, 0.15) is 56.7 Å². The minimum absolute atomic E-state index is 0.0283.